The molecule has 6 heteroatoms. The van der Waals surface area contributed by atoms with Crippen molar-refractivity contribution in [1.82, 2.24) is 9.97 Å². The second-order valence-corrected chi connectivity index (χ2v) is 3.74. The van der Waals surface area contributed by atoms with Crippen molar-refractivity contribution in [2.45, 2.75) is 13.5 Å². The minimum Gasteiger partial charge on any atom is -0.439 e. The van der Waals surface area contributed by atoms with Gasteiger partial charge in [0.1, 0.15) is 24.0 Å². The van der Waals surface area contributed by atoms with E-state index < -0.39 is 0 Å². The Balaban J connectivity index is 2.15. The average molecular weight is 263 g/mol. The van der Waals surface area contributed by atoms with Crippen LogP contribution in [-0.2, 0) is 11.3 Å². The van der Waals surface area contributed by atoms with Gasteiger partial charge in [0, 0.05) is 12.7 Å². The van der Waals surface area contributed by atoms with E-state index in [4.69, 9.17) is 15.2 Å². The Bertz CT molecular complexity index is 546. The molecule has 19 heavy (non-hydrogen) atoms. The van der Waals surface area contributed by atoms with Gasteiger partial charge in [0.2, 0.25) is 5.88 Å². The Morgan fingerprint density at radius 1 is 1.21 bits per heavy atom. The molecule has 0 bridgehead atoms. The summed E-state index contributed by atoms with van der Waals surface area (Å²) in [7, 11) is 0. The molecule has 1 aromatic carbocycles. The number of hydrogen-bond acceptors (Lipinski definition) is 5. The van der Waals surface area contributed by atoms with Gasteiger partial charge in [-0.2, -0.15) is 4.98 Å². The molecule has 1 aromatic heterocycles. The first kappa shape index (κ1) is 13.2. The monoisotopic (exact) mass is 263 g/mol. The Morgan fingerprint density at radius 3 is 2.63 bits per heavy atom. The van der Waals surface area contributed by atoms with E-state index in [1.807, 2.05) is 6.92 Å². The lowest BCUT2D eigenvalue weighted by Gasteiger charge is -2.07. The van der Waals surface area contributed by atoms with Crippen LogP contribution < -0.4 is 10.5 Å². The highest BCUT2D eigenvalue weighted by atomic mass is 19.1. The predicted octanol–water partition coefficient (Wildman–Crippen LogP) is 2.53. The van der Waals surface area contributed by atoms with Gasteiger partial charge in [0.05, 0.1) is 0 Å². The molecule has 2 N–H and O–H groups in total. The smallest absolute Gasteiger partial charge is 0.224 e. The molecule has 0 unspecified atom stereocenters. The second kappa shape index (κ2) is 6.10. The summed E-state index contributed by atoms with van der Waals surface area (Å²) >= 11 is 0. The molecule has 0 aliphatic heterocycles. The molecular formula is C13H14FN3O2. The number of hydrogen-bond donors (Lipinski definition) is 1. The van der Waals surface area contributed by atoms with Gasteiger partial charge in [-0.3, -0.25) is 0 Å². The first-order chi connectivity index (χ1) is 9.17. The summed E-state index contributed by atoms with van der Waals surface area (Å²) in [5.74, 6) is 1.18. The van der Waals surface area contributed by atoms with E-state index in [9.17, 15) is 4.39 Å². The van der Waals surface area contributed by atoms with Gasteiger partial charge in [-0.15, -0.1) is 0 Å². The van der Waals surface area contributed by atoms with Crippen LogP contribution in [0.1, 0.15) is 12.7 Å². The van der Waals surface area contributed by atoms with E-state index in [1.165, 1.54) is 30.3 Å². The molecular weight excluding hydrogens is 249 g/mol. The van der Waals surface area contributed by atoms with Crippen molar-refractivity contribution < 1.29 is 13.9 Å². The third-order valence-corrected chi connectivity index (χ3v) is 2.24. The lowest BCUT2D eigenvalue weighted by Crippen LogP contribution is -2.03. The maximum atomic E-state index is 12.8. The van der Waals surface area contributed by atoms with E-state index in [-0.39, 0.29) is 12.4 Å². The van der Waals surface area contributed by atoms with E-state index in [2.05, 4.69) is 9.97 Å². The van der Waals surface area contributed by atoms with Gasteiger partial charge in [-0.05, 0) is 31.2 Å². The van der Waals surface area contributed by atoms with Gasteiger partial charge in [0.15, 0.2) is 5.82 Å². The molecule has 0 atom stereocenters. The fourth-order valence-corrected chi connectivity index (χ4v) is 1.43. The normalized spacial score (nSPS) is 10.4. The van der Waals surface area contributed by atoms with Crippen LogP contribution in [0.4, 0.5) is 10.2 Å². The highest BCUT2D eigenvalue weighted by Crippen LogP contribution is 2.21. The number of halogens is 1. The number of aromatic nitrogens is 2. The number of rotatable bonds is 5. The molecule has 0 fully saturated rings. The summed E-state index contributed by atoms with van der Waals surface area (Å²) in [4.78, 5) is 8.19. The minimum absolute atomic E-state index is 0.265. The summed E-state index contributed by atoms with van der Waals surface area (Å²) in [5, 5.41) is 0. The van der Waals surface area contributed by atoms with Crippen molar-refractivity contribution in [3.05, 3.63) is 42.0 Å². The largest absolute Gasteiger partial charge is 0.439 e. The van der Waals surface area contributed by atoms with Crippen LogP contribution in [0.3, 0.4) is 0 Å². The highest BCUT2D eigenvalue weighted by Gasteiger charge is 2.05. The Hall–Kier alpha value is -2.21. The highest BCUT2D eigenvalue weighted by molar-refractivity contribution is 5.35. The maximum Gasteiger partial charge on any atom is 0.224 e. The van der Waals surface area contributed by atoms with Crippen molar-refractivity contribution in [3.8, 4) is 11.6 Å². The zero-order valence-corrected chi connectivity index (χ0v) is 10.5. The van der Waals surface area contributed by atoms with Crippen LogP contribution in [0.25, 0.3) is 0 Å². The molecule has 0 amide bonds. The van der Waals surface area contributed by atoms with Gasteiger partial charge in [-0.1, -0.05) is 0 Å². The standard InChI is InChI=1S/C13H14FN3O2/c1-2-18-8-12-16-11(15)7-13(17-12)19-10-5-3-9(14)4-6-10/h3-7H,2,8H2,1H3,(H2,15,16,17). The molecule has 0 aliphatic carbocycles. The number of nitrogens with two attached hydrogens (primary N) is 1. The Labute approximate surface area is 110 Å². The van der Waals surface area contributed by atoms with Crippen molar-refractivity contribution in [3.63, 3.8) is 0 Å². The third-order valence-electron chi connectivity index (χ3n) is 2.24. The Kier molecular flexibility index (Phi) is 4.25. The number of nitrogens with zero attached hydrogens (tertiary/aromatic N) is 2. The van der Waals surface area contributed by atoms with E-state index in [1.54, 1.807) is 0 Å². The first-order valence-corrected chi connectivity index (χ1v) is 5.82. The van der Waals surface area contributed by atoms with Gasteiger partial charge >= 0.3 is 0 Å². The lowest BCUT2D eigenvalue weighted by molar-refractivity contribution is 0.128. The molecule has 100 valence electrons. The molecule has 0 aliphatic rings. The topological polar surface area (TPSA) is 70.3 Å². The number of ether oxygens (including phenoxy) is 2. The van der Waals surface area contributed by atoms with Crippen LogP contribution in [0.5, 0.6) is 11.6 Å². The zero-order valence-electron chi connectivity index (χ0n) is 10.5. The predicted molar refractivity (Wildman–Crippen MR) is 68.2 cm³/mol. The molecule has 0 saturated heterocycles. The number of nitrogen functional groups attached to an aromatic ring is 1. The Morgan fingerprint density at radius 2 is 1.95 bits per heavy atom. The number of benzene rings is 1. The first-order valence-electron chi connectivity index (χ1n) is 5.82. The second-order valence-electron chi connectivity index (χ2n) is 3.74. The van der Waals surface area contributed by atoms with E-state index in [0.717, 1.165) is 0 Å². The summed E-state index contributed by atoms with van der Waals surface area (Å²) in [6.07, 6.45) is 0. The van der Waals surface area contributed by atoms with Gasteiger partial charge < -0.3 is 15.2 Å². The van der Waals surface area contributed by atoms with Crippen LogP contribution in [0.2, 0.25) is 0 Å². The van der Waals surface area contributed by atoms with E-state index >= 15 is 0 Å². The van der Waals surface area contributed by atoms with Crippen molar-refractivity contribution in [2.75, 3.05) is 12.3 Å². The summed E-state index contributed by atoms with van der Waals surface area (Å²) in [6.45, 7) is 2.70. The SMILES string of the molecule is CCOCc1nc(N)cc(Oc2ccc(F)cc2)n1. The molecule has 0 radical (unpaired) electrons. The zero-order chi connectivity index (χ0) is 13.7. The quantitative estimate of drug-likeness (QED) is 0.897. The minimum atomic E-state index is -0.327. The van der Waals surface area contributed by atoms with E-state index in [0.29, 0.717) is 29.9 Å². The molecule has 1 heterocycles. The van der Waals surface area contributed by atoms with Crippen molar-refractivity contribution >= 4 is 5.82 Å². The van der Waals surface area contributed by atoms with Gasteiger partial charge in [-0.25, -0.2) is 9.37 Å². The maximum absolute atomic E-state index is 12.8. The molecule has 0 saturated carbocycles. The fraction of sp³-hybridized carbons (Fsp3) is 0.231. The molecule has 0 spiro atoms. The van der Waals surface area contributed by atoms with Crippen LogP contribution in [-0.4, -0.2) is 16.6 Å². The molecule has 2 rings (SSSR count). The summed E-state index contributed by atoms with van der Waals surface area (Å²) in [5.41, 5.74) is 5.66. The third kappa shape index (κ3) is 3.89. The van der Waals surface area contributed by atoms with Crippen LogP contribution in [0, 0.1) is 5.82 Å². The van der Waals surface area contributed by atoms with Crippen LogP contribution in [0.15, 0.2) is 30.3 Å². The molecule has 5 nitrogen and oxygen atoms in total. The molecule has 2 aromatic rings. The van der Waals surface area contributed by atoms with Crippen LogP contribution >= 0.6 is 0 Å². The lowest BCUT2D eigenvalue weighted by atomic mass is 10.3. The van der Waals surface area contributed by atoms with Crippen molar-refractivity contribution in [2.24, 2.45) is 0 Å². The average Bonchev–Trinajstić information content (AvgIpc) is 2.38. The summed E-state index contributed by atoms with van der Waals surface area (Å²) in [6, 6.07) is 7.13. The summed E-state index contributed by atoms with van der Waals surface area (Å²) < 4.78 is 23.5. The van der Waals surface area contributed by atoms with Gasteiger partial charge in [0.25, 0.3) is 0 Å². The fourth-order valence-electron chi connectivity index (χ4n) is 1.43. The number of anilines is 1. The van der Waals surface area contributed by atoms with Crippen molar-refractivity contribution in [1.29, 1.82) is 0 Å².